The summed E-state index contributed by atoms with van der Waals surface area (Å²) in [6.07, 6.45) is 1.36. The Morgan fingerprint density at radius 1 is 1.17 bits per heavy atom. The molecule has 1 aliphatic heterocycles. The van der Waals surface area contributed by atoms with E-state index in [9.17, 15) is 18.0 Å². The second-order valence-corrected chi connectivity index (χ2v) is 9.02. The molecular weight excluding hydrogens is 392 g/mol. The van der Waals surface area contributed by atoms with Crippen LogP contribution in [0.4, 0.5) is 11.4 Å². The van der Waals surface area contributed by atoms with Crippen LogP contribution in [-0.2, 0) is 25.8 Å². The van der Waals surface area contributed by atoms with Gasteiger partial charge in [-0.15, -0.1) is 0 Å². The zero-order valence-corrected chi connectivity index (χ0v) is 17.3. The highest BCUT2D eigenvalue weighted by Gasteiger charge is 2.23. The number of benzene rings is 2. The van der Waals surface area contributed by atoms with Gasteiger partial charge in [0.15, 0.2) is 9.84 Å². The number of anilines is 2. The van der Waals surface area contributed by atoms with Gasteiger partial charge in [-0.05, 0) is 48.7 Å². The van der Waals surface area contributed by atoms with Gasteiger partial charge < -0.3 is 15.0 Å². The van der Waals surface area contributed by atoms with E-state index < -0.39 is 9.84 Å². The van der Waals surface area contributed by atoms with Crippen molar-refractivity contribution >= 4 is 33.0 Å². The lowest BCUT2D eigenvalue weighted by Crippen LogP contribution is -2.33. The summed E-state index contributed by atoms with van der Waals surface area (Å²) in [4.78, 5) is 25.8. The standard InChI is InChI=1S/C21H24N2O5S/c1-15(24)23-11-4-5-16-13-19(8-9-20(16)23)29(26,27)12-10-21(25)22-17-6-3-7-18(14-17)28-2/h3,6-9,13-14H,4-5,10-12H2,1-2H3,(H,22,25). The molecule has 3 rings (SSSR count). The SMILES string of the molecule is COc1cccc(NC(=O)CCS(=O)(=O)c2ccc3c(c2)CCCN3C(C)=O)c1. The largest absolute Gasteiger partial charge is 0.497 e. The second kappa shape index (κ2) is 8.65. The normalized spacial score (nSPS) is 13.5. The Balaban J connectivity index is 1.68. The number of carbonyl (C=O) groups is 2. The Hall–Kier alpha value is -2.87. The molecule has 2 aromatic rings. The first-order valence-electron chi connectivity index (χ1n) is 9.38. The Bertz CT molecular complexity index is 1030. The number of methoxy groups -OCH3 is 1. The lowest BCUT2D eigenvalue weighted by atomic mass is 10.0. The van der Waals surface area contributed by atoms with Crippen molar-refractivity contribution in [2.24, 2.45) is 0 Å². The number of hydrogen-bond acceptors (Lipinski definition) is 5. The van der Waals surface area contributed by atoms with Crippen molar-refractivity contribution in [2.75, 3.05) is 29.6 Å². The molecule has 0 bridgehead atoms. The number of fused-ring (bicyclic) bond motifs is 1. The Morgan fingerprint density at radius 2 is 1.97 bits per heavy atom. The molecule has 1 heterocycles. The Labute approximate surface area is 170 Å². The third-order valence-corrected chi connectivity index (χ3v) is 6.57. The van der Waals surface area contributed by atoms with Crippen molar-refractivity contribution in [2.45, 2.75) is 31.1 Å². The van der Waals surface area contributed by atoms with Crippen LogP contribution in [0.2, 0.25) is 0 Å². The van der Waals surface area contributed by atoms with E-state index in [4.69, 9.17) is 4.74 Å². The van der Waals surface area contributed by atoms with Gasteiger partial charge in [0.05, 0.1) is 17.8 Å². The maximum atomic E-state index is 12.7. The van der Waals surface area contributed by atoms with Crippen molar-refractivity contribution in [3.8, 4) is 5.75 Å². The number of ether oxygens (including phenoxy) is 1. The molecule has 0 radical (unpaired) electrons. The number of nitrogens with one attached hydrogen (secondary N) is 1. The van der Waals surface area contributed by atoms with E-state index in [1.807, 2.05) is 0 Å². The van der Waals surface area contributed by atoms with Gasteiger partial charge in [-0.3, -0.25) is 9.59 Å². The van der Waals surface area contributed by atoms with Gasteiger partial charge in [-0.1, -0.05) is 6.07 Å². The predicted molar refractivity (Wildman–Crippen MR) is 111 cm³/mol. The van der Waals surface area contributed by atoms with Gasteiger partial charge in [0, 0.05) is 37.3 Å². The van der Waals surface area contributed by atoms with Gasteiger partial charge >= 0.3 is 0 Å². The number of rotatable bonds is 6. The molecule has 7 nitrogen and oxygen atoms in total. The first-order valence-corrected chi connectivity index (χ1v) is 11.0. The molecule has 29 heavy (non-hydrogen) atoms. The zero-order chi connectivity index (χ0) is 21.0. The Kier molecular flexibility index (Phi) is 6.22. The van der Waals surface area contributed by atoms with Crippen molar-refractivity contribution in [1.29, 1.82) is 0 Å². The van der Waals surface area contributed by atoms with Crippen LogP contribution in [0.5, 0.6) is 5.75 Å². The molecule has 8 heteroatoms. The summed E-state index contributed by atoms with van der Waals surface area (Å²) in [5, 5.41) is 2.68. The molecule has 2 amide bonds. The average molecular weight is 416 g/mol. The predicted octanol–water partition coefficient (Wildman–Crippen LogP) is 2.80. The van der Waals surface area contributed by atoms with E-state index in [0.717, 1.165) is 24.1 Å². The summed E-state index contributed by atoms with van der Waals surface area (Å²) in [6, 6.07) is 11.7. The number of aryl methyl sites for hydroxylation is 1. The van der Waals surface area contributed by atoms with E-state index in [-0.39, 0.29) is 28.9 Å². The van der Waals surface area contributed by atoms with Crippen molar-refractivity contribution in [3.63, 3.8) is 0 Å². The molecule has 0 aromatic heterocycles. The Morgan fingerprint density at radius 3 is 2.69 bits per heavy atom. The van der Waals surface area contributed by atoms with Gasteiger partial charge in [-0.2, -0.15) is 0 Å². The molecule has 154 valence electrons. The van der Waals surface area contributed by atoms with Crippen LogP contribution in [0.3, 0.4) is 0 Å². The number of carbonyl (C=O) groups excluding carboxylic acids is 2. The maximum absolute atomic E-state index is 12.7. The summed E-state index contributed by atoms with van der Waals surface area (Å²) < 4.78 is 30.5. The first-order chi connectivity index (χ1) is 13.8. The average Bonchev–Trinajstić information content (AvgIpc) is 2.71. The first kappa shape index (κ1) is 20.9. The van der Waals surface area contributed by atoms with Crippen LogP contribution >= 0.6 is 0 Å². The van der Waals surface area contributed by atoms with Crippen LogP contribution in [0.15, 0.2) is 47.4 Å². The molecule has 0 saturated heterocycles. The second-order valence-electron chi connectivity index (χ2n) is 6.91. The minimum Gasteiger partial charge on any atom is -0.497 e. The van der Waals surface area contributed by atoms with E-state index in [1.165, 1.54) is 20.1 Å². The van der Waals surface area contributed by atoms with Crippen LogP contribution < -0.4 is 15.0 Å². The van der Waals surface area contributed by atoms with Crippen molar-refractivity contribution < 1.29 is 22.7 Å². The van der Waals surface area contributed by atoms with Crippen molar-refractivity contribution in [3.05, 3.63) is 48.0 Å². The fourth-order valence-electron chi connectivity index (χ4n) is 3.36. The fourth-order valence-corrected chi connectivity index (χ4v) is 4.65. The highest BCUT2D eigenvalue weighted by Crippen LogP contribution is 2.30. The molecule has 0 spiro atoms. The van der Waals surface area contributed by atoms with Gasteiger partial charge in [0.2, 0.25) is 11.8 Å². The molecule has 0 unspecified atom stereocenters. The third-order valence-electron chi connectivity index (χ3n) is 4.86. The van der Waals surface area contributed by atoms with E-state index >= 15 is 0 Å². The summed E-state index contributed by atoms with van der Waals surface area (Å²) >= 11 is 0. The smallest absolute Gasteiger partial charge is 0.225 e. The monoisotopic (exact) mass is 416 g/mol. The minimum absolute atomic E-state index is 0.0595. The number of amides is 2. The van der Waals surface area contributed by atoms with E-state index in [1.54, 1.807) is 41.3 Å². The molecular formula is C21H24N2O5S. The molecule has 1 N–H and O–H groups in total. The molecule has 0 saturated carbocycles. The van der Waals surface area contributed by atoms with E-state index in [0.29, 0.717) is 18.0 Å². The minimum atomic E-state index is -3.62. The summed E-state index contributed by atoms with van der Waals surface area (Å²) in [7, 11) is -2.09. The third kappa shape index (κ3) is 4.95. The lowest BCUT2D eigenvalue weighted by Gasteiger charge is -2.28. The molecule has 0 fully saturated rings. The van der Waals surface area contributed by atoms with Gasteiger partial charge in [0.25, 0.3) is 0 Å². The summed E-state index contributed by atoms with van der Waals surface area (Å²) in [5.41, 5.74) is 2.15. The highest BCUT2D eigenvalue weighted by atomic mass is 32.2. The molecule has 0 atom stereocenters. The molecule has 2 aromatic carbocycles. The topological polar surface area (TPSA) is 92.8 Å². The molecule has 0 aliphatic carbocycles. The number of nitrogens with zero attached hydrogens (tertiary/aromatic N) is 1. The maximum Gasteiger partial charge on any atom is 0.225 e. The van der Waals surface area contributed by atoms with Crippen LogP contribution in [-0.4, -0.2) is 39.6 Å². The number of hydrogen-bond donors (Lipinski definition) is 1. The highest BCUT2D eigenvalue weighted by molar-refractivity contribution is 7.91. The van der Waals surface area contributed by atoms with E-state index in [2.05, 4.69) is 5.32 Å². The van der Waals surface area contributed by atoms with Crippen molar-refractivity contribution in [1.82, 2.24) is 0 Å². The zero-order valence-electron chi connectivity index (χ0n) is 16.5. The van der Waals surface area contributed by atoms with Gasteiger partial charge in [-0.25, -0.2) is 8.42 Å². The van der Waals surface area contributed by atoms with Gasteiger partial charge in [0.1, 0.15) is 5.75 Å². The number of sulfone groups is 1. The fraction of sp³-hybridized carbons (Fsp3) is 0.333. The summed E-state index contributed by atoms with van der Waals surface area (Å²) in [6.45, 7) is 2.14. The van der Waals surface area contributed by atoms with Crippen LogP contribution in [0.25, 0.3) is 0 Å². The van der Waals surface area contributed by atoms with Crippen LogP contribution in [0, 0.1) is 0 Å². The van der Waals surface area contributed by atoms with Crippen LogP contribution in [0.1, 0.15) is 25.3 Å². The quantitative estimate of drug-likeness (QED) is 0.782. The summed E-state index contributed by atoms with van der Waals surface area (Å²) in [5.74, 6) is -0.139. The lowest BCUT2D eigenvalue weighted by molar-refractivity contribution is -0.117. The molecule has 1 aliphatic rings.